The summed E-state index contributed by atoms with van der Waals surface area (Å²) in [6.45, 7) is 7.52. The Morgan fingerprint density at radius 2 is 1.10 bits per heavy atom. The first-order valence-electron chi connectivity index (χ1n) is 2.53. The van der Waals surface area contributed by atoms with Gasteiger partial charge in [0.25, 0.3) is 0 Å². The average Bonchev–Trinajstić information content (AvgIpc) is 1.77. The van der Waals surface area contributed by atoms with Gasteiger partial charge in [-0.2, -0.15) is 0 Å². The molecule has 1 aromatic rings. The summed E-state index contributed by atoms with van der Waals surface area (Å²) in [7, 11) is 0. The molecular formula is C8H8K2. The minimum absolute atomic E-state index is 0. The van der Waals surface area contributed by atoms with Gasteiger partial charge in [0.05, 0.1) is 0 Å². The van der Waals surface area contributed by atoms with Gasteiger partial charge in [0, 0.05) is 0 Å². The summed E-state index contributed by atoms with van der Waals surface area (Å²) in [6.07, 6.45) is 0. The van der Waals surface area contributed by atoms with E-state index in [-0.39, 0.29) is 103 Å². The van der Waals surface area contributed by atoms with Crippen LogP contribution >= 0.6 is 0 Å². The van der Waals surface area contributed by atoms with Crippen LogP contribution in [0, 0.1) is 13.8 Å². The van der Waals surface area contributed by atoms with Crippen molar-refractivity contribution in [1.82, 2.24) is 0 Å². The molecule has 0 radical (unpaired) electrons. The second kappa shape index (κ2) is 7.86. The van der Waals surface area contributed by atoms with Crippen molar-refractivity contribution in [2.45, 2.75) is 0 Å². The largest absolute Gasteiger partial charge is 1.00 e. The Labute approximate surface area is 148 Å². The molecule has 0 heterocycles. The van der Waals surface area contributed by atoms with E-state index in [2.05, 4.69) is 13.8 Å². The summed E-state index contributed by atoms with van der Waals surface area (Å²) in [4.78, 5) is 0. The van der Waals surface area contributed by atoms with Crippen molar-refractivity contribution >= 4 is 0 Å². The Morgan fingerprint density at radius 1 is 0.800 bits per heavy atom. The molecule has 0 saturated heterocycles. The van der Waals surface area contributed by atoms with Gasteiger partial charge in [0.2, 0.25) is 0 Å². The van der Waals surface area contributed by atoms with Gasteiger partial charge in [-0.1, -0.05) is 0 Å². The van der Waals surface area contributed by atoms with Gasteiger partial charge in [-0.25, -0.2) is 12.1 Å². The van der Waals surface area contributed by atoms with Crippen molar-refractivity contribution in [3.63, 3.8) is 0 Å². The minimum Gasteiger partial charge on any atom is -0.299 e. The molecule has 1 aromatic carbocycles. The van der Waals surface area contributed by atoms with E-state index in [1.165, 1.54) is 0 Å². The van der Waals surface area contributed by atoms with E-state index in [1.54, 1.807) is 0 Å². The standard InChI is InChI=1S/C8H8.2K/c1-7-5-3-4-6-8(7)2;;/h3-6H,1-2H2;;/q-2;2*+1. The molecule has 1 rings (SSSR count). The molecule has 42 valence electrons. The van der Waals surface area contributed by atoms with Crippen molar-refractivity contribution in [3.8, 4) is 0 Å². The van der Waals surface area contributed by atoms with Gasteiger partial charge in [-0.3, -0.25) is 25.0 Å². The maximum absolute atomic E-state index is 3.76. The Morgan fingerprint density at radius 3 is 1.30 bits per heavy atom. The minimum atomic E-state index is 0. The molecule has 0 N–H and O–H groups in total. The molecule has 0 amide bonds. The summed E-state index contributed by atoms with van der Waals surface area (Å²) < 4.78 is 0. The first kappa shape index (κ1) is 14.7. The number of hydrogen-bond donors (Lipinski definition) is 0. The summed E-state index contributed by atoms with van der Waals surface area (Å²) in [6, 6.07) is 7.80. The van der Waals surface area contributed by atoms with Gasteiger partial charge in [0.15, 0.2) is 0 Å². The fourth-order valence-electron chi connectivity index (χ4n) is 0.557. The van der Waals surface area contributed by atoms with E-state index in [1.807, 2.05) is 24.3 Å². The SMILES string of the molecule is [CH2-]c1ccccc1[CH2-].[K+].[K+]. The fraction of sp³-hybridized carbons (Fsp3) is 0. The Kier molecular flexibility index (Phi) is 11.6. The van der Waals surface area contributed by atoms with Crippen LogP contribution in [0.2, 0.25) is 0 Å². The number of rotatable bonds is 0. The average molecular weight is 182 g/mol. The first-order chi connectivity index (χ1) is 3.80. The predicted octanol–water partition coefficient (Wildman–Crippen LogP) is -3.94. The maximum Gasteiger partial charge on any atom is 1.00 e. The molecule has 0 aliphatic carbocycles. The monoisotopic (exact) mass is 182 g/mol. The van der Waals surface area contributed by atoms with Crippen LogP contribution in [0.5, 0.6) is 0 Å². The number of hydrogen-bond acceptors (Lipinski definition) is 0. The molecule has 10 heavy (non-hydrogen) atoms. The zero-order valence-electron chi connectivity index (χ0n) is 6.72. The molecule has 0 bridgehead atoms. The van der Waals surface area contributed by atoms with Crippen molar-refractivity contribution in [2.24, 2.45) is 0 Å². The van der Waals surface area contributed by atoms with Crippen LogP contribution in [0.25, 0.3) is 0 Å². The van der Waals surface area contributed by atoms with Crippen LogP contribution < -0.4 is 103 Å². The summed E-state index contributed by atoms with van der Waals surface area (Å²) >= 11 is 0. The topological polar surface area (TPSA) is 0 Å². The molecule has 0 aliphatic heterocycles. The van der Waals surface area contributed by atoms with Gasteiger partial charge >= 0.3 is 103 Å². The number of benzene rings is 1. The first-order valence-corrected chi connectivity index (χ1v) is 2.53. The Balaban J connectivity index is 0. The van der Waals surface area contributed by atoms with Crippen molar-refractivity contribution < 1.29 is 103 Å². The van der Waals surface area contributed by atoms with Gasteiger partial charge in [-0.05, 0) is 0 Å². The van der Waals surface area contributed by atoms with Crippen molar-refractivity contribution in [3.05, 3.63) is 49.2 Å². The molecule has 0 unspecified atom stereocenters. The van der Waals surface area contributed by atoms with E-state index in [0.29, 0.717) is 0 Å². The quantitative estimate of drug-likeness (QED) is 0.284. The van der Waals surface area contributed by atoms with Crippen molar-refractivity contribution in [2.75, 3.05) is 0 Å². The normalized spacial score (nSPS) is 7.20. The van der Waals surface area contributed by atoms with E-state index in [0.717, 1.165) is 11.1 Å². The van der Waals surface area contributed by atoms with Crippen LogP contribution in [-0.4, -0.2) is 0 Å². The molecule has 0 aliphatic rings. The van der Waals surface area contributed by atoms with Crippen molar-refractivity contribution in [1.29, 1.82) is 0 Å². The molecule has 0 fully saturated rings. The molecule has 0 atom stereocenters. The van der Waals surface area contributed by atoms with E-state index < -0.39 is 0 Å². The van der Waals surface area contributed by atoms with Gasteiger partial charge in [-0.15, -0.1) is 12.1 Å². The molecular weight excluding hydrogens is 174 g/mol. The van der Waals surface area contributed by atoms with Crippen LogP contribution in [-0.2, 0) is 0 Å². The second-order valence-electron chi connectivity index (χ2n) is 1.77. The molecule has 0 saturated carbocycles. The molecule has 0 nitrogen and oxygen atoms in total. The van der Waals surface area contributed by atoms with Crippen LogP contribution in [0.1, 0.15) is 11.1 Å². The zero-order chi connectivity index (χ0) is 5.98. The van der Waals surface area contributed by atoms with Crippen LogP contribution in [0.3, 0.4) is 0 Å². The molecule has 0 aromatic heterocycles. The van der Waals surface area contributed by atoms with E-state index >= 15 is 0 Å². The Bertz CT molecular complexity index is 163. The van der Waals surface area contributed by atoms with Gasteiger partial charge < -0.3 is 0 Å². The van der Waals surface area contributed by atoms with E-state index in [9.17, 15) is 0 Å². The smallest absolute Gasteiger partial charge is 0.299 e. The van der Waals surface area contributed by atoms with Crippen LogP contribution in [0.15, 0.2) is 24.3 Å². The summed E-state index contributed by atoms with van der Waals surface area (Å²) in [5.41, 5.74) is 2.01. The maximum atomic E-state index is 3.76. The Hall–Kier alpha value is 2.23. The van der Waals surface area contributed by atoms with Crippen LogP contribution in [0.4, 0.5) is 0 Å². The second-order valence-corrected chi connectivity index (χ2v) is 1.77. The third kappa shape index (κ3) is 4.98. The summed E-state index contributed by atoms with van der Waals surface area (Å²) in [5, 5.41) is 0. The summed E-state index contributed by atoms with van der Waals surface area (Å²) in [5.74, 6) is 0. The zero-order valence-corrected chi connectivity index (χ0v) is 13.0. The third-order valence-electron chi connectivity index (χ3n) is 1.12. The molecule has 0 spiro atoms. The third-order valence-corrected chi connectivity index (χ3v) is 1.12. The van der Waals surface area contributed by atoms with E-state index in [4.69, 9.17) is 0 Å². The van der Waals surface area contributed by atoms with Gasteiger partial charge in [0.1, 0.15) is 0 Å². The predicted molar refractivity (Wildman–Crippen MR) is 35.4 cm³/mol. The molecule has 2 heteroatoms. The fourth-order valence-corrected chi connectivity index (χ4v) is 0.557.